The molecule has 0 aliphatic rings. The van der Waals surface area contributed by atoms with E-state index in [9.17, 15) is 4.39 Å². The first-order valence-electron chi connectivity index (χ1n) is 2.81. The summed E-state index contributed by atoms with van der Waals surface area (Å²) in [6.07, 6.45) is 0. The van der Waals surface area contributed by atoms with Crippen LogP contribution in [0.25, 0.3) is 0 Å². The zero-order valence-electron chi connectivity index (χ0n) is 5.54. The van der Waals surface area contributed by atoms with Crippen LogP contribution >= 0.6 is 39.1 Å². The first-order valence-corrected chi connectivity index (χ1v) is 4.36. The second-order valence-electron chi connectivity index (χ2n) is 1.95. The second kappa shape index (κ2) is 3.61. The zero-order valence-corrected chi connectivity index (χ0v) is 8.63. The molecule has 12 heavy (non-hydrogen) atoms. The molecule has 0 saturated heterocycles. The van der Waals surface area contributed by atoms with E-state index < -0.39 is 5.82 Å². The number of rotatable bonds is 0. The lowest BCUT2D eigenvalue weighted by Crippen LogP contribution is -1.86. The van der Waals surface area contributed by atoms with Crippen LogP contribution in [0.1, 0.15) is 5.56 Å². The Morgan fingerprint density at radius 3 is 2.50 bits per heavy atom. The first kappa shape index (κ1) is 9.79. The van der Waals surface area contributed by atoms with Crippen LogP contribution in [0.4, 0.5) is 4.39 Å². The van der Waals surface area contributed by atoms with Gasteiger partial charge in [0.15, 0.2) is 0 Å². The van der Waals surface area contributed by atoms with Crippen LogP contribution in [-0.4, -0.2) is 0 Å². The molecule has 0 saturated carbocycles. The molecule has 1 aromatic carbocycles. The van der Waals surface area contributed by atoms with E-state index in [4.69, 9.17) is 28.5 Å². The molecular weight excluding hydrogens is 268 g/mol. The fraction of sp³-hybridized carbons (Fsp3) is 0. The minimum atomic E-state index is -0.663. The number of nitrogens with zero attached hydrogens (tertiary/aromatic N) is 1. The molecule has 0 spiro atoms. The molecule has 0 aliphatic carbocycles. The largest absolute Gasteiger partial charge is 0.205 e. The lowest BCUT2D eigenvalue weighted by molar-refractivity contribution is 0.627. The summed E-state index contributed by atoms with van der Waals surface area (Å²) in [4.78, 5) is 0. The number of hydrogen-bond acceptors (Lipinski definition) is 1. The molecule has 0 N–H and O–H groups in total. The molecule has 0 unspecified atom stereocenters. The maximum absolute atomic E-state index is 12.8. The van der Waals surface area contributed by atoms with E-state index in [1.807, 2.05) is 0 Å². The smallest absolute Gasteiger partial charge is 0.144 e. The van der Waals surface area contributed by atoms with Crippen molar-refractivity contribution in [3.63, 3.8) is 0 Å². The van der Waals surface area contributed by atoms with Gasteiger partial charge in [0.25, 0.3) is 0 Å². The average molecular weight is 269 g/mol. The van der Waals surface area contributed by atoms with Crippen molar-refractivity contribution in [3.05, 3.63) is 32.0 Å². The lowest BCUT2D eigenvalue weighted by atomic mass is 10.2. The van der Waals surface area contributed by atoms with Gasteiger partial charge in [0, 0.05) is 4.47 Å². The fourth-order valence-corrected chi connectivity index (χ4v) is 1.50. The minimum Gasteiger partial charge on any atom is -0.205 e. The highest BCUT2D eigenvalue weighted by molar-refractivity contribution is 9.10. The third-order valence-electron chi connectivity index (χ3n) is 1.22. The summed E-state index contributed by atoms with van der Waals surface area (Å²) in [5, 5.41) is 8.43. The Labute approximate surface area is 86.8 Å². The molecule has 0 atom stereocenters. The van der Waals surface area contributed by atoms with Gasteiger partial charge in [-0.05, 0) is 22.0 Å². The van der Waals surface area contributed by atoms with E-state index in [0.29, 0.717) is 4.47 Å². The van der Waals surface area contributed by atoms with Crippen molar-refractivity contribution >= 4 is 39.1 Å². The second-order valence-corrected chi connectivity index (χ2v) is 3.57. The zero-order chi connectivity index (χ0) is 9.30. The Bertz CT molecular complexity index is 346. The van der Waals surface area contributed by atoms with Crippen LogP contribution < -0.4 is 0 Å². The van der Waals surface area contributed by atoms with Crippen molar-refractivity contribution in [2.24, 2.45) is 0 Å². The molecule has 0 heterocycles. The Morgan fingerprint density at radius 1 is 1.42 bits per heavy atom. The fourth-order valence-electron chi connectivity index (χ4n) is 0.671. The molecule has 1 aromatic rings. The van der Waals surface area contributed by atoms with Crippen molar-refractivity contribution in [2.45, 2.75) is 0 Å². The van der Waals surface area contributed by atoms with Gasteiger partial charge in [0.2, 0.25) is 0 Å². The van der Waals surface area contributed by atoms with Crippen LogP contribution in [0.3, 0.4) is 0 Å². The van der Waals surface area contributed by atoms with Gasteiger partial charge in [-0.3, -0.25) is 0 Å². The van der Waals surface area contributed by atoms with Crippen molar-refractivity contribution < 1.29 is 4.39 Å². The average Bonchev–Trinajstić information content (AvgIpc) is 2.02. The molecule has 5 heteroatoms. The minimum absolute atomic E-state index is 0.0507. The normalized spacial score (nSPS) is 9.58. The van der Waals surface area contributed by atoms with E-state index >= 15 is 0 Å². The quantitative estimate of drug-likeness (QED) is 0.657. The maximum Gasteiger partial charge on any atom is 0.144 e. The van der Waals surface area contributed by atoms with E-state index in [0.717, 1.165) is 6.07 Å². The van der Waals surface area contributed by atoms with Crippen molar-refractivity contribution in [2.75, 3.05) is 0 Å². The summed E-state index contributed by atoms with van der Waals surface area (Å²) in [5.74, 6) is -0.663. The van der Waals surface area contributed by atoms with Gasteiger partial charge in [-0.15, -0.1) is 0 Å². The number of nitriles is 1. The molecule has 0 amide bonds. The molecule has 0 bridgehead atoms. The third kappa shape index (κ3) is 1.56. The molecule has 0 fully saturated rings. The number of halogens is 4. The molecule has 0 aliphatic heterocycles. The van der Waals surface area contributed by atoms with E-state index in [2.05, 4.69) is 15.9 Å². The van der Waals surface area contributed by atoms with Crippen LogP contribution in [0.15, 0.2) is 10.5 Å². The third-order valence-corrected chi connectivity index (χ3v) is 2.84. The molecule has 62 valence electrons. The van der Waals surface area contributed by atoms with Gasteiger partial charge >= 0.3 is 0 Å². The van der Waals surface area contributed by atoms with Gasteiger partial charge in [0.1, 0.15) is 11.9 Å². The first-order chi connectivity index (χ1) is 5.57. The summed E-state index contributed by atoms with van der Waals surface area (Å²) < 4.78 is 13.2. The summed E-state index contributed by atoms with van der Waals surface area (Å²) in [7, 11) is 0. The van der Waals surface area contributed by atoms with Crippen LogP contribution in [0, 0.1) is 17.1 Å². The molecule has 1 nitrogen and oxygen atoms in total. The van der Waals surface area contributed by atoms with Crippen LogP contribution in [0.5, 0.6) is 0 Å². The predicted octanol–water partition coefficient (Wildman–Crippen LogP) is 3.77. The highest BCUT2D eigenvalue weighted by Gasteiger charge is 2.13. The van der Waals surface area contributed by atoms with Crippen molar-refractivity contribution in [1.82, 2.24) is 0 Å². The van der Waals surface area contributed by atoms with Gasteiger partial charge in [0.05, 0.1) is 15.6 Å². The maximum atomic E-state index is 12.8. The Morgan fingerprint density at radius 2 is 2.00 bits per heavy atom. The van der Waals surface area contributed by atoms with E-state index in [1.54, 1.807) is 6.07 Å². The van der Waals surface area contributed by atoms with Gasteiger partial charge in [-0.2, -0.15) is 5.26 Å². The Hall–Kier alpha value is -0.300. The molecular formula is C7HBrCl2FN. The number of hydrogen-bond donors (Lipinski definition) is 0. The van der Waals surface area contributed by atoms with Crippen LogP contribution in [-0.2, 0) is 0 Å². The van der Waals surface area contributed by atoms with Gasteiger partial charge in [-0.25, -0.2) is 4.39 Å². The standard InChI is InChI=1S/C7HBrCl2FN/c8-4-1-5(11)7(10)3(2-12)6(4)9/h1H. The van der Waals surface area contributed by atoms with Crippen molar-refractivity contribution in [1.29, 1.82) is 5.26 Å². The number of benzene rings is 1. The summed E-state index contributed by atoms with van der Waals surface area (Å²) in [6, 6.07) is 2.83. The van der Waals surface area contributed by atoms with E-state index in [1.165, 1.54) is 0 Å². The molecule has 0 aromatic heterocycles. The highest BCUT2D eigenvalue weighted by Crippen LogP contribution is 2.33. The van der Waals surface area contributed by atoms with Crippen LogP contribution in [0.2, 0.25) is 10.0 Å². The predicted molar refractivity (Wildman–Crippen MR) is 48.8 cm³/mol. The monoisotopic (exact) mass is 267 g/mol. The SMILES string of the molecule is N#Cc1c(Cl)c(F)cc(Br)c1Cl. The van der Waals surface area contributed by atoms with E-state index in [-0.39, 0.29) is 15.6 Å². The molecule has 1 rings (SSSR count). The Balaban J connectivity index is 3.56. The molecule has 0 radical (unpaired) electrons. The van der Waals surface area contributed by atoms with Gasteiger partial charge in [-0.1, -0.05) is 23.2 Å². The van der Waals surface area contributed by atoms with Crippen molar-refractivity contribution in [3.8, 4) is 6.07 Å². The summed E-state index contributed by atoms with van der Waals surface area (Å²) >= 11 is 14.1. The summed E-state index contributed by atoms with van der Waals surface area (Å²) in [6.45, 7) is 0. The Kier molecular flexibility index (Phi) is 2.94. The highest BCUT2D eigenvalue weighted by atomic mass is 79.9. The van der Waals surface area contributed by atoms with Gasteiger partial charge < -0.3 is 0 Å². The summed E-state index contributed by atoms with van der Waals surface area (Å²) in [5.41, 5.74) is -0.0507. The lowest BCUT2D eigenvalue weighted by Gasteiger charge is -2.01. The topological polar surface area (TPSA) is 23.8 Å².